The van der Waals surface area contributed by atoms with Crippen molar-refractivity contribution in [2.24, 2.45) is 0 Å². The summed E-state index contributed by atoms with van der Waals surface area (Å²) in [6, 6.07) is 0. The molecule has 0 bridgehead atoms. The van der Waals surface area contributed by atoms with Gasteiger partial charge < -0.3 is 5.32 Å². The second-order valence-electron chi connectivity index (χ2n) is 2.95. The zero-order chi connectivity index (χ0) is 10.0. The summed E-state index contributed by atoms with van der Waals surface area (Å²) in [5, 5.41) is 6.86. The fraction of sp³-hybridized carbons (Fsp3) is 0.556. The lowest BCUT2D eigenvalue weighted by Crippen LogP contribution is -2.22. The number of nitrogens with zero attached hydrogens (tertiary/aromatic N) is 2. The van der Waals surface area contributed by atoms with Gasteiger partial charge in [-0.2, -0.15) is 5.10 Å². The minimum Gasteiger partial charge on any atom is -0.354 e. The Hall–Kier alpha value is -1.32. The maximum Gasteiger partial charge on any atom is 0.269 e. The van der Waals surface area contributed by atoms with Crippen LogP contribution in [-0.2, 0) is 6.54 Å². The number of carbonyl (C=O) groups is 1. The van der Waals surface area contributed by atoms with Crippen molar-refractivity contribution in [3.05, 3.63) is 17.0 Å². The average molecular weight is 181 g/mol. The van der Waals surface area contributed by atoms with Gasteiger partial charge in [0.15, 0.2) is 0 Å². The second kappa shape index (κ2) is 3.60. The number of carbonyl (C=O) groups excluding carboxylic acids is 1. The van der Waals surface area contributed by atoms with Crippen molar-refractivity contribution in [2.75, 3.05) is 7.05 Å². The predicted molar refractivity (Wildman–Crippen MR) is 50.8 cm³/mol. The van der Waals surface area contributed by atoms with Crippen LogP contribution in [0.25, 0.3) is 0 Å². The molecule has 0 aliphatic rings. The lowest BCUT2D eigenvalue weighted by atomic mass is 10.2. The zero-order valence-electron chi connectivity index (χ0n) is 8.51. The van der Waals surface area contributed by atoms with Gasteiger partial charge in [0.1, 0.15) is 5.69 Å². The largest absolute Gasteiger partial charge is 0.354 e. The Bertz CT molecular complexity index is 328. The Labute approximate surface area is 77.9 Å². The molecule has 0 aliphatic carbocycles. The summed E-state index contributed by atoms with van der Waals surface area (Å²) in [7, 11) is 1.63. The van der Waals surface area contributed by atoms with Gasteiger partial charge in [-0.1, -0.05) is 0 Å². The molecule has 72 valence electrons. The average Bonchev–Trinajstić information content (AvgIpc) is 2.42. The highest BCUT2D eigenvalue weighted by atomic mass is 16.1. The third kappa shape index (κ3) is 1.56. The Morgan fingerprint density at radius 1 is 1.54 bits per heavy atom. The van der Waals surface area contributed by atoms with Crippen molar-refractivity contribution >= 4 is 5.91 Å². The Kier molecular flexibility index (Phi) is 2.70. The number of rotatable bonds is 2. The summed E-state index contributed by atoms with van der Waals surface area (Å²) < 4.78 is 1.73. The van der Waals surface area contributed by atoms with Crippen LogP contribution in [0, 0.1) is 13.8 Å². The molecule has 0 unspecified atom stereocenters. The van der Waals surface area contributed by atoms with E-state index < -0.39 is 0 Å². The highest BCUT2D eigenvalue weighted by Crippen LogP contribution is 2.11. The lowest BCUT2D eigenvalue weighted by Gasteiger charge is -2.03. The molecule has 0 saturated heterocycles. The maximum absolute atomic E-state index is 11.5. The van der Waals surface area contributed by atoms with E-state index in [1.807, 2.05) is 20.8 Å². The summed E-state index contributed by atoms with van der Waals surface area (Å²) in [5.41, 5.74) is 2.55. The molecule has 4 nitrogen and oxygen atoms in total. The van der Waals surface area contributed by atoms with E-state index in [0.29, 0.717) is 5.69 Å². The smallest absolute Gasteiger partial charge is 0.269 e. The normalized spacial score (nSPS) is 10.2. The fourth-order valence-electron chi connectivity index (χ4n) is 1.31. The van der Waals surface area contributed by atoms with Crippen LogP contribution >= 0.6 is 0 Å². The van der Waals surface area contributed by atoms with E-state index in [-0.39, 0.29) is 5.91 Å². The molecule has 0 aliphatic heterocycles. The monoisotopic (exact) mass is 181 g/mol. The minimum atomic E-state index is -0.0695. The molecule has 1 aromatic heterocycles. The van der Waals surface area contributed by atoms with Crippen LogP contribution in [0.15, 0.2) is 0 Å². The topological polar surface area (TPSA) is 46.9 Å². The SMILES string of the molecule is CCn1nc(C)c(C)c1C(=O)NC. The Morgan fingerprint density at radius 2 is 2.15 bits per heavy atom. The number of hydrogen-bond acceptors (Lipinski definition) is 2. The van der Waals surface area contributed by atoms with Gasteiger partial charge in [0.25, 0.3) is 5.91 Å². The molecule has 0 fully saturated rings. The molecule has 13 heavy (non-hydrogen) atoms. The zero-order valence-corrected chi connectivity index (χ0v) is 8.51. The Morgan fingerprint density at radius 3 is 2.62 bits per heavy atom. The van der Waals surface area contributed by atoms with Crippen molar-refractivity contribution in [1.82, 2.24) is 15.1 Å². The van der Waals surface area contributed by atoms with Crippen molar-refractivity contribution in [3.8, 4) is 0 Å². The van der Waals surface area contributed by atoms with Crippen LogP contribution in [0.3, 0.4) is 0 Å². The highest BCUT2D eigenvalue weighted by molar-refractivity contribution is 5.93. The van der Waals surface area contributed by atoms with Gasteiger partial charge >= 0.3 is 0 Å². The predicted octanol–water partition coefficient (Wildman–Crippen LogP) is 0.879. The molecule has 4 heteroatoms. The van der Waals surface area contributed by atoms with E-state index in [1.54, 1.807) is 11.7 Å². The molecule has 1 heterocycles. The molecule has 0 spiro atoms. The maximum atomic E-state index is 11.5. The first kappa shape index (κ1) is 9.77. The van der Waals surface area contributed by atoms with E-state index in [1.165, 1.54) is 0 Å². The van der Waals surface area contributed by atoms with Gasteiger partial charge in [-0.15, -0.1) is 0 Å². The van der Waals surface area contributed by atoms with Gasteiger partial charge in [-0.3, -0.25) is 9.48 Å². The summed E-state index contributed by atoms with van der Waals surface area (Å²) >= 11 is 0. The molecule has 0 atom stereocenters. The van der Waals surface area contributed by atoms with Crippen LogP contribution in [-0.4, -0.2) is 22.7 Å². The molecule has 0 aromatic carbocycles. The minimum absolute atomic E-state index is 0.0695. The number of aryl methyl sites for hydroxylation is 2. The van der Waals surface area contributed by atoms with Crippen molar-refractivity contribution in [2.45, 2.75) is 27.3 Å². The fourth-order valence-corrected chi connectivity index (χ4v) is 1.31. The van der Waals surface area contributed by atoms with Crippen LogP contribution in [0.2, 0.25) is 0 Å². The molecule has 0 saturated carbocycles. The summed E-state index contributed by atoms with van der Waals surface area (Å²) in [4.78, 5) is 11.5. The van der Waals surface area contributed by atoms with Crippen LogP contribution < -0.4 is 5.32 Å². The van der Waals surface area contributed by atoms with Gasteiger partial charge in [0, 0.05) is 19.2 Å². The van der Waals surface area contributed by atoms with E-state index in [2.05, 4.69) is 10.4 Å². The van der Waals surface area contributed by atoms with Crippen LogP contribution in [0.5, 0.6) is 0 Å². The molecule has 1 aromatic rings. The van der Waals surface area contributed by atoms with Crippen molar-refractivity contribution in [3.63, 3.8) is 0 Å². The van der Waals surface area contributed by atoms with E-state index in [0.717, 1.165) is 17.8 Å². The molecule has 0 radical (unpaired) electrons. The van der Waals surface area contributed by atoms with Gasteiger partial charge in [0.2, 0.25) is 0 Å². The highest BCUT2D eigenvalue weighted by Gasteiger charge is 2.16. The molecule has 1 rings (SSSR count). The number of nitrogens with one attached hydrogen (secondary N) is 1. The van der Waals surface area contributed by atoms with E-state index in [4.69, 9.17) is 0 Å². The van der Waals surface area contributed by atoms with Crippen molar-refractivity contribution < 1.29 is 4.79 Å². The van der Waals surface area contributed by atoms with Crippen LogP contribution in [0.4, 0.5) is 0 Å². The Balaban J connectivity index is 3.23. The second-order valence-corrected chi connectivity index (χ2v) is 2.95. The molecule has 1 amide bonds. The van der Waals surface area contributed by atoms with Gasteiger partial charge in [-0.05, 0) is 20.8 Å². The third-order valence-corrected chi connectivity index (χ3v) is 2.17. The van der Waals surface area contributed by atoms with E-state index in [9.17, 15) is 4.79 Å². The quantitative estimate of drug-likeness (QED) is 0.736. The third-order valence-electron chi connectivity index (χ3n) is 2.17. The lowest BCUT2D eigenvalue weighted by molar-refractivity contribution is 0.0952. The molecular weight excluding hydrogens is 166 g/mol. The summed E-state index contributed by atoms with van der Waals surface area (Å²) in [5.74, 6) is -0.0695. The first-order chi connectivity index (χ1) is 6.11. The van der Waals surface area contributed by atoms with E-state index >= 15 is 0 Å². The van der Waals surface area contributed by atoms with Crippen molar-refractivity contribution in [1.29, 1.82) is 0 Å². The number of amides is 1. The number of aromatic nitrogens is 2. The molecule has 1 N–H and O–H groups in total. The molecular formula is C9H15N3O. The summed E-state index contributed by atoms with van der Waals surface area (Å²) in [6.45, 7) is 6.52. The summed E-state index contributed by atoms with van der Waals surface area (Å²) in [6.07, 6.45) is 0. The van der Waals surface area contributed by atoms with Crippen LogP contribution in [0.1, 0.15) is 28.7 Å². The van der Waals surface area contributed by atoms with Gasteiger partial charge in [-0.25, -0.2) is 0 Å². The number of hydrogen-bond donors (Lipinski definition) is 1. The first-order valence-electron chi connectivity index (χ1n) is 4.37. The standard InChI is InChI=1S/C9H15N3O/c1-5-12-8(9(13)10-4)6(2)7(3)11-12/h5H2,1-4H3,(H,10,13). The van der Waals surface area contributed by atoms with Gasteiger partial charge in [0.05, 0.1) is 5.69 Å². The first-order valence-corrected chi connectivity index (χ1v) is 4.37.